The molecule has 0 saturated heterocycles. The summed E-state index contributed by atoms with van der Waals surface area (Å²) in [5.41, 5.74) is 5.28. The summed E-state index contributed by atoms with van der Waals surface area (Å²) >= 11 is 0. The Bertz CT molecular complexity index is 993. The predicted molar refractivity (Wildman–Crippen MR) is 108 cm³/mol. The second-order valence-corrected chi connectivity index (χ2v) is 7.44. The quantitative estimate of drug-likeness (QED) is 0.671. The number of aromatic nitrogens is 1. The van der Waals surface area contributed by atoms with Crippen LogP contribution in [0.15, 0.2) is 48.5 Å². The van der Waals surface area contributed by atoms with Crippen molar-refractivity contribution in [3.05, 3.63) is 70.9 Å². The third kappa shape index (κ3) is 4.34. The Morgan fingerprint density at radius 2 is 2.00 bits per heavy atom. The Morgan fingerprint density at radius 3 is 2.81 bits per heavy atom. The zero-order valence-corrected chi connectivity index (χ0v) is 15.8. The number of pyridine rings is 1. The summed E-state index contributed by atoms with van der Waals surface area (Å²) in [4.78, 5) is 17.5. The molecule has 4 heteroatoms. The first-order valence-electron chi connectivity index (χ1n) is 9.44. The molecule has 0 spiro atoms. The number of carbonyl (C=O) groups excluding carboxylic acids is 1. The van der Waals surface area contributed by atoms with Gasteiger partial charge in [0, 0.05) is 23.4 Å². The lowest BCUT2D eigenvalue weighted by atomic mass is 10.0. The molecule has 1 fully saturated rings. The first-order valence-corrected chi connectivity index (χ1v) is 9.44. The normalized spacial score (nSPS) is 13.7. The number of nitrogens with zero attached hydrogens (tertiary/aromatic N) is 1. The average Bonchev–Trinajstić information content (AvgIpc) is 3.46. The molecule has 1 amide bonds. The zero-order chi connectivity index (χ0) is 18.8. The van der Waals surface area contributed by atoms with E-state index < -0.39 is 0 Å². The minimum atomic E-state index is -0.118. The molecule has 4 rings (SSSR count). The molecule has 3 aromatic rings. The van der Waals surface area contributed by atoms with Crippen molar-refractivity contribution in [2.75, 3.05) is 11.9 Å². The number of hydrogen-bond donors (Lipinski definition) is 1. The number of hydrogen-bond acceptors (Lipinski definition) is 3. The van der Waals surface area contributed by atoms with Gasteiger partial charge in [-0.15, -0.1) is 0 Å². The number of ether oxygens (including phenoxy) is 1. The lowest BCUT2D eigenvalue weighted by Gasteiger charge is -2.11. The standard InChI is InChI=1S/C23H24N2O2/c1-15-6-9-22-20(10-15)21(11-16(2)24-22)23(26)25-19-5-3-4-18(12-19)14-27-13-17-7-8-17/h3-6,9-12,17H,7-8,13-14H2,1-2H3,(H,25,26). The Kier molecular flexibility index (Phi) is 4.90. The fourth-order valence-corrected chi connectivity index (χ4v) is 3.23. The first-order chi connectivity index (χ1) is 13.1. The molecule has 0 radical (unpaired) electrons. The maximum Gasteiger partial charge on any atom is 0.256 e. The van der Waals surface area contributed by atoms with Gasteiger partial charge in [0.25, 0.3) is 5.91 Å². The Labute approximate surface area is 159 Å². The van der Waals surface area contributed by atoms with Crippen LogP contribution in [0.2, 0.25) is 0 Å². The molecule has 138 valence electrons. The van der Waals surface area contributed by atoms with Crippen LogP contribution in [0.3, 0.4) is 0 Å². The summed E-state index contributed by atoms with van der Waals surface area (Å²) in [6, 6.07) is 15.7. The van der Waals surface area contributed by atoms with Crippen LogP contribution in [0, 0.1) is 19.8 Å². The maximum atomic E-state index is 12.9. The van der Waals surface area contributed by atoms with Crippen molar-refractivity contribution >= 4 is 22.5 Å². The van der Waals surface area contributed by atoms with Gasteiger partial charge in [0.1, 0.15) is 0 Å². The molecule has 2 aromatic carbocycles. The van der Waals surface area contributed by atoms with Crippen molar-refractivity contribution in [3.63, 3.8) is 0 Å². The summed E-state index contributed by atoms with van der Waals surface area (Å²) in [5.74, 6) is 0.631. The minimum absolute atomic E-state index is 0.118. The number of nitrogens with one attached hydrogen (secondary N) is 1. The van der Waals surface area contributed by atoms with Crippen LogP contribution in [0.4, 0.5) is 5.69 Å². The SMILES string of the molecule is Cc1ccc2nc(C)cc(C(=O)Nc3cccc(COCC4CC4)c3)c2c1. The third-order valence-electron chi connectivity index (χ3n) is 4.84. The average molecular weight is 360 g/mol. The minimum Gasteiger partial charge on any atom is -0.376 e. The van der Waals surface area contributed by atoms with Gasteiger partial charge < -0.3 is 10.1 Å². The molecular formula is C23H24N2O2. The fourth-order valence-electron chi connectivity index (χ4n) is 3.23. The summed E-state index contributed by atoms with van der Waals surface area (Å²) in [6.07, 6.45) is 2.57. The molecule has 27 heavy (non-hydrogen) atoms. The number of rotatable bonds is 6. The lowest BCUT2D eigenvalue weighted by molar-refractivity contribution is 0.102. The Balaban J connectivity index is 1.53. The van der Waals surface area contributed by atoms with Crippen molar-refractivity contribution in [2.45, 2.75) is 33.3 Å². The van der Waals surface area contributed by atoms with Crippen molar-refractivity contribution in [1.82, 2.24) is 4.98 Å². The molecule has 1 aliphatic rings. The highest BCUT2D eigenvalue weighted by Gasteiger charge is 2.21. The maximum absolute atomic E-state index is 12.9. The second-order valence-electron chi connectivity index (χ2n) is 7.44. The largest absolute Gasteiger partial charge is 0.376 e. The predicted octanol–water partition coefficient (Wildman–Crippen LogP) is 5.03. The Morgan fingerprint density at radius 1 is 1.15 bits per heavy atom. The summed E-state index contributed by atoms with van der Waals surface area (Å²) in [7, 11) is 0. The van der Waals surface area contributed by atoms with Crippen LogP contribution in [0.5, 0.6) is 0 Å². The van der Waals surface area contributed by atoms with E-state index in [2.05, 4.69) is 10.3 Å². The summed E-state index contributed by atoms with van der Waals surface area (Å²) in [5, 5.41) is 3.90. The van der Waals surface area contributed by atoms with Gasteiger partial charge in [-0.1, -0.05) is 23.8 Å². The van der Waals surface area contributed by atoms with Crippen LogP contribution < -0.4 is 5.32 Å². The molecule has 1 N–H and O–H groups in total. The van der Waals surface area contributed by atoms with E-state index in [0.717, 1.165) is 45.9 Å². The van der Waals surface area contributed by atoms with E-state index in [0.29, 0.717) is 12.2 Å². The molecule has 4 nitrogen and oxygen atoms in total. The van der Waals surface area contributed by atoms with Crippen LogP contribution >= 0.6 is 0 Å². The van der Waals surface area contributed by atoms with Gasteiger partial charge in [0.2, 0.25) is 0 Å². The van der Waals surface area contributed by atoms with E-state index in [-0.39, 0.29) is 5.91 Å². The van der Waals surface area contributed by atoms with E-state index in [1.807, 2.05) is 62.4 Å². The number of amides is 1. The molecule has 0 bridgehead atoms. The Hall–Kier alpha value is -2.72. The van der Waals surface area contributed by atoms with Crippen molar-refractivity contribution in [2.24, 2.45) is 5.92 Å². The van der Waals surface area contributed by atoms with Gasteiger partial charge in [-0.25, -0.2) is 0 Å². The van der Waals surface area contributed by atoms with E-state index in [1.54, 1.807) is 0 Å². The number of fused-ring (bicyclic) bond motifs is 1. The van der Waals surface area contributed by atoms with E-state index in [9.17, 15) is 4.79 Å². The van der Waals surface area contributed by atoms with Gasteiger partial charge in [-0.3, -0.25) is 9.78 Å². The number of aryl methyl sites for hydroxylation is 2. The molecule has 1 heterocycles. The number of carbonyl (C=O) groups is 1. The molecule has 1 aromatic heterocycles. The van der Waals surface area contributed by atoms with E-state index in [1.165, 1.54) is 12.8 Å². The topological polar surface area (TPSA) is 51.2 Å². The van der Waals surface area contributed by atoms with Crippen molar-refractivity contribution in [3.8, 4) is 0 Å². The second kappa shape index (κ2) is 7.49. The van der Waals surface area contributed by atoms with Gasteiger partial charge in [-0.2, -0.15) is 0 Å². The van der Waals surface area contributed by atoms with Gasteiger partial charge in [0.15, 0.2) is 0 Å². The highest BCUT2D eigenvalue weighted by molar-refractivity contribution is 6.12. The third-order valence-corrected chi connectivity index (χ3v) is 4.84. The summed E-state index contributed by atoms with van der Waals surface area (Å²) < 4.78 is 5.75. The van der Waals surface area contributed by atoms with Gasteiger partial charge in [0.05, 0.1) is 17.7 Å². The molecule has 1 saturated carbocycles. The van der Waals surface area contributed by atoms with Crippen LogP contribution in [0.25, 0.3) is 10.9 Å². The zero-order valence-electron chi connectivity index (χ0n) is 15.8. The van der Waals surface area contributed by atoms with E-state index >= 15 is 0 Å². The monoisotopic (exact) mass is 360 g/mol. The van der Waals surface area contributed by atoms with Gasteiger partial charge >= 0.3 is 0 Å². The van der Waals surface area contributed by atoms with Crippen LogP contribution in [-0.2, 0) is 11.3 Å². The molecule has 0 unspecified atom stereocenters. The van der Waals surface area contributed by atoms with Crippen LogP contribution in [0.1, 0.15) is 40.0 Å². The van der Waals surface area contributed by atoms with Crippen molar-refractivity contribution in [1.29, 1.82) is 0 Å². The van der Waals surface area contributed by atoms with E-state index in [4.69, 9.17) is 4.74 Å². The van der Waals surface area contributed by atoms with Gasteiger partial charge in [-0.05, 0) is 68.5 Å². The molecule has 0 atom stereocenters. The number of anilines is 1. The first kappa shape index (κ1) is 17.7. The fraction of sp³-hybridized carbons (Fsp3) is 0.304. The summed E-state index contributed by atoms with van der Waals surface area (Å²) in [6.45, 7) is 5.34. The smallest absolute Gasteiger partial charge is 0.256 e. The number of benzene rings is 2. The van der Waals surface area contributed by atoms with Crippen LogP contribution in [-0.4, -0.2) is 17.5 Å². The highest BCUT2D eigenvalue weighted by atomic mass is 16.5. The van der Waals surface area contributed by atoms with Crippen molar-refractivity contribution < 1.29 is 9.53 Å². The lowest BCUT2D eigenvalue weighted by Crippen LogP contribution is -2.13. The molecule has 0 aliphatic heterocycles. The highest BCUT2D eigenvalue weighted by Crippen LogP contribution is 2.29. The molecular weight excluding hydrogens is 336 g/mol. The molecule has 1 aliphatic carbocycles.